The molecule has 40 heavy (non-hydrogen) atoms. The molecule has 4 rings (SSSR count). The molecular formula is C27H19BrF4N2O5S. The van der Waals surface area contributed by atoms with Gasteiger partial charge in [-0.2, -0.15) is 13.2 Å². The second-order valence-electron chi connectivity index (χ2n) is 8.33. The van der Waals surface area contributed by atoms with E-state index in [0.717, 1.165) is 17.7 Å². The fourth-order valence-corrected chi connectivity index (χ4v) is 4.92. The number of ether oxygens (including phenoxy) is 2. The molecule has 13 heteroatoms. The van der Waals surface area contributed by atoms with E-state index in [-0.39, 0.29) is 28.8 Å². The van der Waals surface area contributed by atoms with Crippen molar-refractivity contribution in [1.29, 1.82) is 0 Å². The van der Waals surface area contributed by atoms with Gasteiger partial charge < -0.3 is 14.8 Å². The number of thioether (sulfide) groups is 1. The molecule has 1 N–H and O–H groups in total. The third-order valence-electron chi connectivity index (χ3n) is 5.54. The van der Waals surface area contributed by atoms with Crippen LogP contribution in [-0.2, 0) is 22.4 Å². The van der Waals surface area contributed by atoms with E-state index in [1.54, 1.807) is 30.3 Å². The number of amides is 3. The van der Waals surface area contributed by atoms with E-state index in [0.29, 0.717) is 38.5 Å². The highest BCUT2D eigenvalue weighted by molar-refractivity contribution is 9.10. The molecule has 1 aliphatic rings. The lowest BCUT2D eigenvalue weighted by atomic mass is 10.1. The standard InChI is InChI=1S/C27H19BrF4N2O5S/c1-38-22-9-5-17(27(30,31)32)12-20(22)33-24(35)13-34-25(36)23(40-26(34)37)11-16-4-8-21(19(28)10-16)39-14-15-2-6-18(29)7-3-15/h2-12H,13-14H2,1H3,(H,33,35)/b23-11-. The number of benzene rings is 3. The van der Waals surface area contributed by atoms with Crippen LogP contribution in [0.1, 0.15) is 16.7 Å². The van der Waals surface area contributed by atoms with Gasteiger partial charge in [-0.05, 0) is 87.4 Å². The maximum absolute atomic E-state index is 13.1. The first kappa shape index (κ1) is 29.2. The molecule has 1 aliphatic heterocycles. The highest BCUT2D eigenvalue weighted by Gasteiger charge is 2.37. The number of hydrogen-bond acceptors (Lipinski definition) is 6. The minimum Gasteiger partial charge on any atom is -0.495 e. The maximum atomic E-state index is 13.1. The first-order valence-electron chi connectivity index (χ1n) is 11.4. The SMILES string of the molecule is COc1ccc(C(F)(F)F)cc1NC(=O)CN1C(=O)S/C(=C\c2ccc(OCc3ccc(F)cc3)c(Br)c2)C1=O. The first-order chi connectivity index (χ1) is 18.9. The van der Waals surface area contributed by atoms with Crippen molar-refractivity contribution in [3.8, 4) is 11.5 Å². The summed E-state index contributed by atoms with van der Waals surface area (Å²) in [7, 11) is 1.22. The van der Waals surface area contributed by atoms with E-state index >= 15 is 0 Å². The summed E-state index contributed by atoms with van der Waals surface area (Å²) in [4.78, 5) is 38.6. The van der Waals surface area contributed by atoms with Crippen LogP contribution in [0.15, 0.2) is 70.0 Å². The fraction of sp³-hybridized carbons (Fsp3) is 0.148. The largest absolute Gasteiger partial charge is 0.495 e. The molecule has 1 heterocycles. The second-order valence-corrected chi connectivity index (χ2v) is 10.2. The van der Waals surface area contributed by atoms with Gasteiger partial charge in [0.05, 0.1) is 27.7 Å². The van der Waals surface area contributed by atoms with Gasteiger partial charge in [-0.3, -0.25) is 19.3 Å². The van der Waals surface area contributed by atoms with E-state index in [4.69, 9.17) is 9.47 Å². The number of carbonyl (C=O) groups is 3. The Morgan fingerprint density at radius 2 is 1.75 bits per heavy atom. The molecule has 0 atom stereocenters. The second kappa shape index (κ2) is 12.1. The van der Waals surface area contributed by atoms with Crippen molar-refractivity contribution in [3.05, 3.63) is 92.5 Å². The Hall–Kier alpha value is -3.84. The monoisotopic (exact) mass is 638 g/mol. The van der Waals surface area contributed by atoms with Crippen LogP contribution in [0.4, 0.5) is 28.0 Å². The fourth-order valence-electron chi connectivity index (χ4n) is 3.57. The number of carbonyl (C=O) groups excluding carboxylic acids is 3. The van der Waals surface area contributed by atoms with Gasteiger partial charge >= 0.3 is 6.18 Å². The van der Waals surface area contributed by atoms with Gasteiger partial charge in [0.2, 0.25) is 5.91 Å². The Kier molecular flexibility index (Phi) is 8.84. The van der Waals surface area contributed by atoms with Crippen LogP contribution in [0.3, 0.4) is 0 Å². The Morgan fingerprint density at radius 3 is 2.40 bits per heavy atom. The van der Waals surface area contributed by atoms with Gasteiger partial charge in [0.1, 0.15) is 30.5 Å². The average Bonchev–Trinajstić information content (AvgIpc) is 3.15. The zero-order valence-electron chi connectivity index (χ0n) is 20.6. The Balaban J connectivity index is 1.42. The molecule has 3 aromatic rings. The molecule has 0 aliphatic carbocycles. The average molecular weight is 639 g/mol. The summed E-state index contributed by atoms with van der Waals surface area (Å²) in [6.07, 6.45) is -3.18. The van der Waals surface area contributed by atoms with Crippen LogP contribution in [0.2, 0.25) is 0 Å². The highest BCUT2D eigenvalue weighted by Crippen LogP contribution is 2.36. The minimum atomic E-state index is -4.65. The normalized spacial score (nSPS) is 14.6. The molecule has 0 unspecified atom stereocenters. The Labute approximate surface area is 238 Å². The summed E-state index contributed by atoms with van der Waals surface area (Å²) in [6, 6.07) is 13.4. The molecule has 1 saturated heterocycles. The lowest BCUT2D eigenvalue weighted by Gasteiger charge is -2.16. The third-order valence-corrected chi connectivity index (χ3v) is 7.06. The molecule has 7 nitrogen and oxygen atoms in total. The summed E-state index contributed by atoms with van der Waals surface area (Å²) in [5.74, 6) is -1.49. The van der Waals surface area contributed by atoms with Gasteiger partial charge in [0.25, 0.3) is 11.1 Å². The number of halogens is 5. The summed E-state index contributed by atoms with van der Waals surface area (Å²) < 4.78 is 63.6. The van der Waals surface area contributed by atoms with Gasteiger partial charge in [-0.1, -0.05) is 18.2 Å². The molecule has 1 fully saturated rings. The van der Waals surface area contributed by atoms with E-state index in [9.17, 15) is 31.9 Å². The van der Waals surface area contributed by atoms with Gasteiger partial charge in [0.15, 0.2) is 0 Å². The van der Waals surface area contributed by atoms with Gasteiger partial charge in [0, 0.05) is 0 Å². The first-order valence-corrected chi connectivity index (χ1v) is 13.0. The Morgan fingerprint density at radius 1 is 1.05 bits per heavy atom. The van der Waals surface area contributed by atoms with Crippen molar-refractivity contribution in [1.82, 2.24) is 4.90 Å². The highest BCUT2D eigenvalue weighted by atomic mass is 79.9. The molecule has 0 spiro atoms. The van der Waals surface area contributed by atoms with Crippen LogP contribution in [0.25, 0.3) is 6.08 Å². The van der Waals surface area contributed by atoms with Crippen LogP contribution >= 0.6 is 27.7 Å². The quantitative estimate of drug-likeness (QED) is 0.214. The number of anilines is 1. The molecule has 0 bridgehead atoms. The molecule has 0 radical (unpaired) electrons. The molecule has 3 amide bonds. The summed E-state index contributed by atoms with van der Waals surface area (Å²) in [6.45, 7) is -0.507. The van der Waals surface area contributed by atoms with E-state index in [1.807, 2.05) is 0 Å². The van der Waals surface area contributed by atoms with Crippen LogP contribution in [0, 0.1) is 5.82 Å². The number of rotatable bonds is 8. The lowest BCUT2D eigenvalue weighted by Crippen LogP contribution is -2.36. The number of imide groups is 1. The molecule has 0 aromatic heterocycles. The van der Waals surface area contributed by atoms with Crippen molar-refractivity contribution in [2.24, 2.45) is 0 Å². The van der Waals surface area contributed by atoms with Gasteiger partial charge in [-0.25, -0.2) is 4.39 Å². The Bertz CT molecular complexity index is 1500. The van der Waals surface area contributed by atoms with Crippen LogP contribution < -0.4 is 14.8 Å². The summed E-state index contributed by atoms with van der Waals surface area (Å²) in [5.41, 5.74) is 0.0680. The smallest absolute Gasteiger partial charge is 0.416 e. The molecule has 208 valence electrons. The predicted molar refractivity (Wildman–Crippen MR) is 144 cm³/mol. The van der Waals surface area contributed by atoms with Crippen molar-refractivity contribution >= 4 is 56.5 Å². The third kappa shape index (κ3) is 7.02. The number of hydrogen-bond donors (Lipinski definition) is 1. The number of nitrogens with one attached hydrogen (secondary N) is 1. The van der Waals surface area contributed by atoms with E-state index in [2.05, 4.69) is 21.2 Å². The van der Waals surface area contributed by atoms with Crippen molar-refractivity contribution < 1.29 is 41.4 Å². The topological polar surface area (TPSA) is 84.9 Å². The zero-order valence-corrected chi connectivity index (χ0v) is 23.0. The number of methoxy groups -OCH3 is 1. The van der Waals surface area contributed by atoms with Crippen molar-refractivity contribution in [3.63, 3.8) is 0 Å². The minimum absolute atomic E-state index is 0.0222. The summed E-state index contributed by atoms with van der Waals surface area (Å²) >= 11 is 4.02. The summed E-state index contributed by atoms with van der Waals surface area (Å²) in [5, 5.41) is 1.56. The zero-order chi connectivity index (χ0) is 29.0. The van der Waals surface area contributed by atoms with Crippen molar-refractivity contribution in [2.45, 2.75) is 12.8 Å². The van der Waals surface area contributed by atoms with E-state index < -0.39 is 35.3 Å². The lowest BCUT2D eigenvalue weighted by molar-refractivity contribution is -0.137. The molecule has 0 saturated carbocycles. The van der Waals surface area contributed by atoms with Crippen molar-refractivity contribution in [2.75, 3.05) is 19.0 Å². The maximum Gasteiger partial charge on any atom is 0.416 e. The van der Waals surface area contributed by atoms with Crippen LogP contribution in [-0.4, -0.2) is 35.6 Å². The van der Waals surface area contributed by atoms with E-state index in [1.165, 1.54) is 25.3 Å². The predicted octanol–water partition coefficient (Wildman–Crippen LogP) is 6.87. The van der Waals surface area contributed by atoms with Gasteiger partial charge in [-0.15, -0.1) is 0 Å². The number of alkyl halides is 3. The van der Waals surface area contributed by atoms with Crippen LogP contribution in [0.5, 0.6) is 11.5 Å². The number of nitrogens with zero attached hydrogens (tertiary/aromatic N) is 1. The molecular weight excluding hydrogens is 620 g/mol. The molecule has 3 aromatic carbocycles.